The number of fused-ring (bicyclic) bond motifs is 1. The van der Waals surface area contributed by atoms with Gasteiger partial charge in [0.1, 0.15) is 0 Å². The van der Waals surface area contributed by atoms with Crippen LogP contribution < -0.4 is 0 Å². The molecule has 2 rings (SSSR count). The van der Waals surface area contributed by atoms with E-state index < -0.39 is 9.84 Å². The minimum absolute atomic E-state index is 0.145. The third-order valence-electron chi connectivity index (χ3n) is 2.54. The van der Waals surface area contributed by atoms with Crippen LogP contribution in [0.15, 0.2) is 23.6 Å². The van der Waals surface area contributed by atoms with Gasteiger partial charge in [-0.2, -0.15) is 0 Å². The van der Waals surface area contributed by atoms with E-state index in [9.17, 15) is 8.42 Å². The molecule has 0 saturated carbocycles. The van der Waals surface area contributed by atoms with Gasteiger partial charge in [0.15, 0.2) is 9.84 Å². The van der Waals surface area contributed by atoms with Crippen LogP contribution in [0.2, 0.25) is 0 Å². The molecule has 1 aromatic carbocycles. The highest BCUT2D eigenvalue weighted by atomic mass is 32.2. The van der Waals surface area contributed by atoms with E-state index in [2.05, 4.69) is 0 Å². The summed E-state index contributed by atoms with van der Waals surface area (Å²) in [5.74, 6) is 0.145. The first-order chi connectivity index (χ1) is 6.49. The van der Waals surface area contributed by atoms with E-state index in [4.69, 9.17) is 0 Å². The molecule has 0 N–H and O–H groups in total. The molecule has 0 saturated heterocycles. The van der Waals surface area contributed by atoms with Gasteiger partial charge in [-0.3, -0.25) is 0 Å². The van der Waals surface area contributed by atoms with Crippen molar-refractivity contribution < 1.29 is 8.42 Å². The molecule has 0 bridgehead atoms. The summed E-state index contributed by atoms with van der Waals surface area (Å²) in [6, 6.07) is 5.89. The SMILES string of the molecule is CC1=CS(=O)(=O)Cc2c(C)cccc21. The number of hydrogen-bond donors (Lipinski definition) is 0. The van der Waals surface area contributed by atoms with Crippen LogP contribution in [0.4, 0.5) is 0 Å². The van der Waals surface area contributed by atoms with Crippen molar-refractivity contribution in [1.29, 1.82) is 0 Å². The number of rotatable bonds is 0. The first-order valence-corrected chi connectivity index (χ1v) is 6.21. The number of aryl methyl sites for hydroxylation is 1. The highest BCUT2D eigenvalue weighted by Crippen LogP contribution is 2.29. The quantitative estimate of drug-likeness (QED) is 0.655. The third-order valence-corrected chi connectivity index (χ3v) is 3.94. The van der Waals surface area contributed by atoms with Crippen molar-refractivity contribution in [1.82, 2.24) is 0 Å². The van der Waals surface area contributed by atoms with Gasteiger partial charge in [0.05, 0.1) is 5.75 Å². The molecule has 0 fully saturated rings. The molecule has 0 amide bonds. The van der Waals surface area contributed by atoms with Gasteiger partial charge in [-0.05, 0) is 36.1 Å². The largest absolute Gasteiger partial charge is 0.224 e. The fourth-order valence-electron chi connectivity index (χ4n) is 1.84. The third kappa shape index (κ3) is 1.48. The second-order valence-electron chi connectivity index (χ2n) is 3.71. The van der Waals surface area contributed by atoms with E-state index >= 15 is 0 Å². The van der Waals surface area contributed by atoms with Crippen molar-refractivity contribution in [2.45, 2.75) is 19.6 Å². The molecule has 1 heterocycles. The monoisotopic (exact) mass is 208 g/mol. The molecule has 0 aliphatic carbocycles. The molecule has 0 unspecified atom stereocenters. The molecule has 0 radical (unpaired) electrons. The molecule has 1 aromatic rings. The van der Waals surface area contributed by atoms with Crippen LogP contribution >= 0.6 is 0 Å². The molecule has 2 nitrogen and oxygen atoms in total. The highest BCUT2D eigenvalue weighted by Gasteiger charge is 2.20. The first kappa shape index (κ1) is 9.46. The molecule has 0 aromatic heterocycles. The van der Waals surface area contributed by atoms with Crippen LogP contribution in [0.5, 0.6) is 0 Å². The van der Waals surface area contributed by atoms with Crippen molar-refractivity contribution >= 4 is 15.4 Å². The van der Waals surface area contributed by atoms with E-state index in [0.29, 0.717) is 0 Å². The van der Waals surface area contributed by atoms with Gasteiger partial charge >= 0.3 is 0 Å². The maximum atomic E-state index is 11.5. The van der Waals surface area contributed by atoms with E-state index in [1.807, 2.05) is 32.0 Å². The molecule has 1 aliphatic rings. The number of sulfone groups is 1. The second kappa shape index (κ2) is 2.95. The average Bonchev–Trinajstić information content (AvgIpc) is 2.05. The zero-order chi connectivity index (χ0) is 10.3. The Bertz CT molecular complexity index is 510. The molecule has 14 heavy (non-hydrogen) atoms. The van der Waals surface area contributed by atoms with E-state index in [1.165, 1.54) is 5.41 Å². The molecule has 74 valence electrons. The Morgan fingerprint density at radius 3 is 2.64 bits per heavy atom. The fourth-order valence-corrected chi connectivity index (χ4v) is 3.37. The highest BCUT2D eigenvalue weighted by molar-refractivity contribution is 7.93. The van der Waals surface area contributed by atoms with E-state index in [0.717, 1.165) is 22.3 Å². The normalized spacial score (nSPS) is 18.6. The molecule has 3 heteroatoms. The van der Waals surface area contributed by atoms with E-state index in [1.54, 1.807) is 0 Å². The van der Waals surface area contributed by atoms with Crippen LogP contribution in [0.1, 0.15) is 23.6 Å². The van der Waals surface area contributed by atoms with Crippen LogP contribution in [-0.4, -0.2) is 8.42 Å². The lowest BCUT2D eigenvalue weighted by Crippen LogP contribution is -2.10. The van der Waals surface area contributed by atoms with Gasteiger partial charge in [0.2, 0.25) is 0 Å². The zero-order valence-corrected chi connectivity index (χ0v) is 9.06. The minimum Gasteiger partial charge on any atom is -0.224 e. The summed E-state index contributed by atoms with van der Waals surface area (Å²) in [5, 5.41) is 1.37. The second-order valence-corrected chi connectivity index (χ2v) is 5.56. The van der Waals surface area contributed by atoms with E-state index in [-0.39, 0.29) is 5.75 Å². The van der Waals surface area contributed by atoms with Crippen molar-refractivity contribution in [2.75, 3.05) is 0 Å². The smallest absolute Gasteiger partial charge is 0.176 e. The van der Waals surface area contributed by atoms with Gasteiger partial charge in [-0.25, -0.2) is 8.42 Å². The predicted octanol–water partition coefficient (Wildman–Crippen LogP) is 2.28. The summed E-state index contributed by atoms with van der Waals surface area (Å²) in [5.41, 5.74) is 3.92. The minimum atomic E-state index is -3.03. The van der Waals surface area contributed by atoms with Crippen molar-refractivity contribution in [2.24, 2.45) is 0 Å². The molecule has 1 aliphatic heterocycles. The average molecular weight is 208 g/mol. The van der Waals surface area contributed by atoms with Gasteiger partial charge in [-0.15, -0.1) is 0 Å². The van der Waals surface area contributed by atoms with Gasteiger partial charge in [0, 0.05) is 5.41 Å². The Kier molecular flexibility index (Phi) is 2.00. The van der Waals surface area contributed by atoms with Crippen molar-refractivity contribution in [3.05, 3.63) is 40.3 Å². The van der Waals surface area contributed by atoms with Crippen LogP contribution in [-0.2, 0) is 15.6 Å². The standard InChI is InChI=1S/C11H12O2S/c1-8-4-3-5-10-9(2)6-14(12,13)7-11(8)10/h3-6H,7H2,1-2H3. The Hall–Kier alpha value is -1.09. The lowest BCUT2D eigenvalue weighted by Gasteiger charge is -2.17. The molecule has 0 atom stereocenters. The van der Waals surface area contributed by atoms with Crippen molar-refractivity contribution in [3.8, 4) is 0 Å². The van der Waals surface area contributed by atoms with Crippen molar-refractivity contribution in [3.63, 3.8) is 0 Å². The Morgan fingerprint density at radius 1 is 1.21 bits per heavy atom. The lowest BCUT2D eigenvalue weighted by molar-refractivity contribution is 0.603. The lowest BCUT2D eigenvalue weighted by atomic mass is 9.99. The maximum absolute atomic E-state index is 11.5. The Morgan fingerprint density at radius 2 is 1.93 bits per heavy atom. The molecule has 0 spiro atoms. The maximum Gasteiger partial charge on any atom is 0.176 e. The summed E-state index contributed by atoms with van der Waals surface area (Å²) >= 11 is 0. The summed E-state index contributed by atoms with van der Waals surface area (Å²) in [7, 11) is -3.03. The van der Waals surface area contributed by atoms with Crippen LogP contribution in [0.25, 0.3) is 5.57 Å². The number of allylic oxidation sites excluding steroid dienone is 1. The Balaban J connectivity index is 2.74. The molecular weight excluding hydrogens is 196 g/mol. The first-order valence-electron chi connectivity index (χ1n) is 4.49. The summed E-state index contributed by atoms with van der Waals surface area (Å²) in [4.78, 5) is 0. The number of hydrogen-bond acceptors (Lipinski definition) is 2. The molecular formula is C11H12O2S. The topological polar surface area (TPSA) is 34.1 Å². The summed E-state index contributed by atoms with van der Waals surface area (Å²) < 4.78 is 23.0. The summed E-state index contributed by atoms with van der Waals surface area (Å²) in [6.07, 6.45) is 0. The van der Waals surface area contributed by atoms with Crippen LogP contribution in [0, 0.1) is 6.92 Å². The van der Waals surface area contributed by atoms with Gasteiger partial charge < -0.3 is 0 Å². The number of benzene rings is 1. The van der Waals surface area contributed by atoms with Gasteiger partial charge in [-0.1, -0.05) is 18.2 Å². The predicted molar refractivity (Wildman–Crippen MR) is 57.5 cm³/mol. The fraction of sp³-hybridized carbons (Fsp3) is 0.273. The Labute approximate surface area is 84.2 Å². The van der Waals surface area contributed by atoms with Gasteiger partial charge in [0.25, 0.3) is 0 Å². The zero-order valence-electron chi connectivity index (χ0n) is 8.24. The summed E-state index contributed by atoms with van der Waals surface area (Å²) in [6.45, 7) is 3.79. The van der Waals surface area contributed by atoms with Crippen LogP contribution in [0.3, 0.4) is 0 Å².